The van der Waals surface area contributed by atoms with Crippen LogP contribution in [0.2, 0.25) is 0 Å². The Labute approximate surface area is 610 Å². The van der Waals surface area contributed by atoms with Crippen molar-refractivity contribution in [3.8, 4) is 39.7 Å². The summed E-state index contributed by atoms with van der Waals surface area (Å²) < 4.78 is 17.9. The highest BCUT2D eigenvalue weighted by atomic mass is 33.1. The Balaban J connectivity index is 0.000000159. The first-order valence-corrected chi connectivity index (χ1v) is 35.9. The van der Waals surface area contributed by atoms with Crippen LogP contribution in [-0.2, 0) is 29.5 Å². The molecule has 13 rings (SSSR count). The van der Waals surface area contributed by atoms with Crippen molar-refractivity contribution >= 4 is 109 Å². The number of aliphatic hydroxyl groups excluding tert-OH is 1. The van der Waals surface area contributed by atoms with E-state index in [1.165, 1.54) is 59.5 Å². The number of phenolic OH excluding ortho intramolecular Hbond substituents is 2. The van der Waals surface area contributed by atoms with Crippen molar-refractivity contribution in [3.63, 3.8) is 0 Å². The fraction of sp³-hybridized carbons (Fsp3) is 0.237. The van der Waals surface area contributed by atoms with Crippen molar-refractivity contribution in [2.45, 2.75) is 70.6 Å². The zero-order valence-electron chi connectivity index (χ0n) is 57.1. The lowest BCUT2D eigenvalue weighted by Gasteiger charge is -2.44. The van der Waals surface area contributed by atoms with E-state index in [9.17, 15) is 68.4 Å². The summed E-state index contributed by atoms with van der Waals surface area (Å²) in [5.74, 6) is -1.71. The maximum absolute atomic E-state index is 13.0. The molecule has 6 heterocycles. The fourth-order valence-corrected chi connectivity index (χ4v) is 13.9. The van der Waals surface area contributed by atoms with Crippen LogP contribution in [-0.4, -0.2) is 145 Å². The van der Waals surface area contributed by atoms with Crippen LogP contribution in [0.5, 0.6) is 17.2 Å². The number of carbonyl (C=O) groups excluding carboxylic acids is 8. The summed E-state index contributed by atoms with van der Waals surface area (Å²) in [5, 5.41) is 55.8. The molecule has 2 aliphatic carbocycles. The summed E-state index contributed by atoms with van der Waals surface area (Å²) in [5.41, 5.74) is 4.04. The van der Waals surface area contributed by atoms with Crippen LogP contribution in [0.3, 0.4) is 0 Å². The van der Waals surface area contributed by atoms with Crippen LogP contribution in [0.1, 0.15) is 117 Å². The van der Waals surface area contributed by atoms with Gasteiger partial charge in [0.05, 0.1) is 28.2 Å². The highest BCUT2D eigenvalue weighted by Gasteiger charge is 2.58. The molecular formula is C76H74N8O17S3. The van der Waals surface area contributed by atoms with E-state index >= 15 is 0 Å². The van der Waals surface area contributed by atoms with Gasteiger partial charge in [-0.3, -0.25) is 48.2 Å². The standard InChI is InChI=1S/C23H18N2O5S.C23H19NO6.C10H14N2O3.C10H14N2OS2.C10H9NO2/c1-2-24-23(31)25-12-3-6-15(18(9-12)22(28)29)21-16-7-4-13(26)10-19(16)30-20-11-14(27)5-8-17(20)21;1-2-24-21(27)12-3-6-16-15(9-12)22(28)30-23(16)17-7-4-13(25)10-19(17)29-20-11-14(26)5-8-18(20)23;1-2-11-8(13)4-3-7-12-9(14)5-6-10(12)15;1-2-11-9(13)6-8-14-15-10-5-3-4-7-12-10;1-2-11-9(12)7-5-3-4-6-8(7)10(11)13/h3-11,26H,2H2,1H3,(H,28,29)(H2,24,25,31);3-11,17,19,25-26H,2H2,1H3,(H,24,27);5-6H,2-4,7H2,1H3,(H,11,13);3-5,7H,2,6,8H2,1H3,(H,11,13);3-6H,2H2,1H3. The molecule has 5 aliphatic heterocycles. The highest BCUT2D eigenvalue weighted by Crippen LogP contribution is 2.56. The van der Waals surface area contributed by atoms with Gasteiger partial charge in [0.1, 0.15) is 45.5 Å². The normalized spacial score (nSPS) is 16.0. The molecule has 6 aromatic rings. The molecule has 0 saturated heterocycles. The van der Waals surface area contributed by atoms with Gasteiger partial charge in [-0.1, -0.05) is 47.2 Å². The van der Waals surface area contributed by atoms with E-state index in [-0.39, 0.29) is 69.6 Å². The third-order valence-electron chi connectivity index (χ3n) is 16.4. The van der Waals surface area contributed by atoms with E-state index in [1.807, 2.05) is 45.9 Å². The number of pyridine rings is 1. The zero-order valence-corrected chi connectivity index (χ0v) is 59.5. The number of rotatable bonds is 18. The van der Waals surface area contributed by atoms with Crippen LogP contribution in [0.15, 0.2) is 190 Å². The number of aliphatic hydroxyl groups is 1. The molecule has 0 radical (unpaired) electrons. The summed E-state index contributed by atoms with van der Waals surface area (Å²) in [7, 11) is 3.26. The highest BCUT2D eigenvalue weighted by molar-refractivity contribution is 8.76. The Kier molecular flexibility index (Phi) is 26.0. The summed E-state index contributed by atoms with van der Waals surface area (Å²) in [6.07, 6.45) is 9.92. The second-order valence-electron chi connectivity index (χ2n) is 23.2. The van der Waals surface area contributed by atoms with Crippen molar-refractivity contribution in [1.29, 1.82) is 0 Å². The Bertz CT molecular complexity index is 4700. The summed E-state index contributed by atoms with van der Waals surface area (Å²) in [6.45, 7) is 12.4. The predicted molar refractivity (Wildman–Crippen MR) is 397 cm³/mol. The summed E-state index contributed by atoms with van der Waals surface area (Å²) in [6, 6.07) is 36.2. The molecule has 28 heteroatoms. The monoisotopic (exact) mass is 1470 g/mol. The first kappa shape index (κ1) is 76.6. The van der Waals surface area contributed by atoms with Gasteiger partial charge in [-0.05, 0) is 167 Å². The lowest BCUT2D eigenvalue weighted by molar-refractivity contribution is -0.137. The molecule has 7 amide bonds. The van der Waals surface area contributed by atoms with Crippen molar-refractivity contribution in [1.82, 2.24) is 36.1 Å². The number of carboxylic acids is 1. The van der Waals surface area contributed by atoms with E-state index in [0.29, 0.717) is 142 Å². The van der Waals surface area contributed by atoms with Crippen LogP contribution in [0.4, 0.5) is 5.69 Å². The minimum Gasteiger partial charge on any atom is -0.508 e. The van der Waals surface area contributed by atoms with Gasteiger partial charge in [-0.25, -0.2) is 14.6 Å². The topological polar surface area (TPSA) is 363 Å². The van der Waals surface area contributed by atoms with Gasteiger partial charge in [0.2, 0.25) is 11.8 Å². The maximum atomic E-state index is 13.0. The Morgan fingerprint density at radius 3 is 1.96 bits per heavy atom. The van der Waals surface area contributed by atoms with E-state index in [0.717, 1.165) is 15.7 Å². The maximum Gasteiger partial charge on any atom is 0.339 e. The summed E-state index contributed by atoms with van der Waals surface area (Å²) in [4.78, 5) is 123. The summed E-state index contributed by atoms with van der Waals surface area (Å²) >= 11 is 5.19. The number of aromatic carboxylic acids is 1. The van der Waals surface area contributed by atoms with Crippen molar-refractivity contribution < 1.29 is 77.5 Å². The third-order valence-corrected chi connectivity index (χ3v) is 18.9. The Morgan fingerprint density at radius 1 is 0.644 bits per heavy atom. The number of hydrogen-bond acceptors (Lipinski definition) is 20. The van der Waals surface area contributed by atoms with Gasteiger partial charge in [0.25, 0.3) is 29.5 Å². The number of carboxylic acid groups (broad SMARTS) is 1. The average molecular weight is 1470 g/mol. The number of allylic oxidation sites excluding steroid dienone is 1. The number of anilines is 1. The van der Waals surface area contributed by atoms with E-state index in [2.05, 4.69) is 31.6 Å². The first-order chi connectivity index (χ1) is 50.0. The molecule has 3 unspecified atom stereocenters. The number of hydrogen-bond donors (Lipinski definition) is 9. The van der Waals surface area contributed by atoms with Gasteiger partial charge >= 0.3 is 11.9 Å². The van der Waals surface area contributed by atoms with Crippen LogP contribution in [0.25, 0.3) is 33.4 Å². The van der Waals surface area contributed by atoms with Gasteiger partial charge < -0.3 is 60.9 Å². The van der Waals surface area contributed by atoms with Crippen molar-refractivity contribution in [2.75, 3.05) is 50.3 Å². The number of imide groups is 2. The molecule has 7 aliphatic rings. The van der Waals surface area contributed by atoms with E-state index < -0.39 is 29.6 Å². The lowest BCUT2D eigenvalue weighted by atomic mass is 9.70. The number of amides is 7. The van der Waals surface area contributed by atoms with Crippen molar-refractivity contribution in [2.24, 2.45) is 5.92 Å². The van der Waals surface area contributed by atoms with E-state index in [4.69, 9.17) is 26.1 Å². The predicted octanol–water partition coefficient (Wildman–Crippen LogP) is 10.7. The number of nitrogens with zero attached hydrogens (tertiary/aromatic N) is 3. The minimum absolute atomic E-state index is 0.00484. The smallest absolute Gasteiger partial charge is 0.339 e. The average Bonchev–Trinajstić information content (AvgIpc) is 1.46. The molecule has 104 heavy (non-hydrogen) atoms. The molecule has 9 N–H and O–H groups in total. The Hall–Kier alpha value is -11.6. The minimum atomic E-state index is -1.20. The number of aromatic hydroxyl groups is 2. The zero-order chi connectivity index (χ0) is 74.8. The largest absolute Gasteiger partial charge is 0.508 e. The fourth-order valence-electron chi connectivity index (χ4n) is 11.8. The van der Waals surface area contributed by atoms with Gasteiger partial charge in [-0.15, -0.1) is 0 Å². The van der Waals surface area contributed by atoms with Crippen LogP contribution in [0, 0.1) is 5.92 Å². The number of benzene rings is 6. The number of esters is 1. The van der Waals surface area contributed by atoms with Crippen LogP contribution < -0.4 is 36.7 Å². The molecular weight excluding hydrogens is 1390 g/mol. The quantitative estimate of drug-likeness (QED) is 0.00962. The third kappa shape index (κ3) is 18.0. The molecule has 0 saturated carbocycles. The number of ether oxygens (including phenoxy) is 2. The molecule has 25 nitrogen and oxygen atoms in total. The Morgan fingerprint density at radius 2 is 1.30 bits per heavy atom. The second-order valence-corrected chi connectivity index (χ2v) is 26.1. The molecule has 0 fully saturated rings. The van der Waals surface area contributed by atoms with E-state index in [1.54, 1.807) is 126 Å². The van der Waals surface area contributed by atoms with Crippen LogP contribution >= 0.6 is 33.8 Å². The number of carbonyl (C=O) groups is 9. The second kappa shape index (κ2) is 35.3. The number of aromatic nitrogens is 1. The van der Waals surface area contributed by atoms with Crippen molar-refractivity contribution in [3.05, 3.63) is 225 Å². The number of nitrogens with one attached hydrogen (secondary N) is 5. The number of fused-ring (bicyclic) bond motifs is 9. The van der Waals surface area contributed by atoms with Gasteiger partial charge in [0.15, 0.2) is 16.1 Å². The number of thiocarbonyl (C=S) groups is 1. The van der Waals surface area contributed by atoms with Gasteiger partial charge in [0, 0.05) is 133 Å². The molecule has 0 bridgehead atoms. The SMILES string of the molecule is CCN1C(=O)c2ccccc2C1=O.CCNC(=O)CCCN1C(=O)C=CC1=O.CCNC(=O)CCSSc1ccccn1.CCNC(=O)c1ccc2c(c1)C(=O)OC21c2ccc(O)cc2OC2C=C(O)C=CC21.CCNC(=S)Nc1ccc(-c2c3ccc(=O)cc-3oc3cc(O)ccc23)c(C(=O)O)c1. The molecule has 3 atom stereocenters. The number of phenols is 2. The molecule has 1 aromatic heterocycles. The van der Waals surface area contributed by atoms with Gasteiger partial charge in [-0.2, -0.15) is 0 Å². The lowest BCUT2D eigenvalue weighted by Crippen LogP contribution is -2.48. The first-order valence-electron chi connectivity index (χ1n) is 33.1. The molecule has 1 spiro atoms. The molecule has 5 aromatic carbocycles. The molecule has 538 valence electrons.